The molecule has 1 N–H and O–H groups in total. The molecule has 0 saturated carbocycles. The molecule has 1 aromatic carbocycles. The van der Waals surface area contributed by atoms with E-state index >= 15 is 0 Å². The fourth-order valence-electron chi connectivity index (χ4n) is 2.05. The molecule has 0 aliphatic carbocycles. The molecule has 21 heavy (non-hydrogen) atoms. The van der Waals surface area contributed by atoms with Crippen LogP contribution in [-0.2, 0) is 4.74 Å². The van der Waals surface area contributed by atoms with E-state index in [0.29, 0.717) is 12.1 Å². The number of ether oxygens (including phenoxy) is 1. The predicted octanol–water partition coefficient (Wildman–Crippen LogP) is 0.706. The van der Waals surface area contributed by atoms with Crippen LogP contribution in [0.3, 0.4) is 0 Å². The number of aliphatic hydroxyl groups excluding tert-OH is 1. The van der Waals surface area contributed by atoms with E-state index in [9.17, 15) is 23.7 Å². The summed E-state index contributed by atoms with van der Waals surface area (Å²) < 4.78 is 32.8. The van der Waals surface area contributed by atoms with Gasteiger partial charge >= 0.3 is 5.69 Å². The quantitative estimate of drug-likeness (QED) is 0.655. The van der Waals surface area contributed by atoms with Crippen molar-refractivity contribution in [3.63, 3.8) is 0 Å². The predicted molar refractivity (Wildman–Crippen MR) is 65.7 cm³/mol. The third kappa shape index (κ3) is 2.98. The largest absolute Gasteiger partial charge is 0.394 e. The Morgan fingerprint density at radius 3 is 2.86 bits per heavy atom. The molecule has 114 valence electrons. The zero-order valence-electron chi connectivity index (χ0n) is 10.8. The lowest BCUT2D eigenvalue weighted by atomic mass is 10.1. The average molecular weight is 302 g/mol. The van der Waals surface area contributed by atoms with Gasteiger partial charge in [0.15, 0.2) is 0 Å². The van der Waals surface area contributed by atoms with Crippen molar-refractivity contribution in [2.45, 2.75) is 6.10 Å². The van der Waals surface area contributed by atoms with Crippen molar-refractivity contribution in [3.05, 3.63) is 39.4 Å². The highest BCUT2D eigenvalue weighted by Crippen LogP contribution is 2.24. The molecular weight excluding hydrogens is 290 g/mol. The van der Waals surface area contributed by atoms with Crippen LogP contribution in [0, 0.1) is 21.7 Å². The van der Waals surface area contributed by atoms with Crippen LogP contribution in [0.25, 0.3) is 0 Å². The summed E-state index contributed by atoms with van der Waals surface area (Å²) in [5.74, 6) is -3.68. The van der Waals surface area contributed by atoms with Crippen molar-refractivity contribution < 1.29 is 28.3 Å². The molecule has 0 radical (unpaired) electrons. The summed E-state index contributed by atoms with van der Waals surface area (Å²) in [4.78, 5) is 22.9. The minimum atomic E-state index is -1.50. The van der Waals surface area contributed by atoms with Crippen LogP contribution >= 0.6 is 0 Å². The highest BCUT2D eigenvalue weighted by molar-refractivity contribution is 5.95. The first-order valence-corrected chi connectivity index (χ1v) is 6.09. The Morgan fingerprint density at radius 1 is 1.52 bits per heavy atom. The number of amides is 1. The molecule has 1 fully saturated rings. The maximum Gasteiger partial charge on any atom is 0.305 e. The molecular formula is C12H12F2N2O5. The molecule has 1 aliphatic rings. The zero-order chi connectivity index (χ0) is 15.6. The molecule has 1 heterocycles. The van der Waals surface area contributed by atoms with Gasteiger partial charge in [0.1, 0.15) is 11.4 Å². The van der Waals surface area contributed by atoms with Crippen molar-refractivity contribution in [2.24, 2.45) is 0 Å². The number of carbonyl (C=O) groups is 1. The molecule has 0 aromatic heterocycles. The highest BCUT2D eigenvalue weighted by Gasteiger charge is 2.31. The Balaban J connectivity index is 2.34. The van der Waals surface area contributed by atoms with Crippen molar-refractivity contribution in [1.29, 1.82) is 0 Å². The van der Waals surface area contributed by atoms with Crippen LogP contribution in [0.4, 0.5) is 14.5 Å². The number of hydrogen-bond donors (Lipinski definition) is 1. The lowest BCUT2D eigenvalue weighted by Gasteiger charge is -2.32. The maximum atomic E-state index is 14.0. The van der Waals surface area contributed by atoms with E-state index in [0.717, 1.165) is 4.90 Å². The summed E-state index contributed by atoms with van der Waals surface area (Å²) in [6.45, 7) is -0.202. The molecule has 7 nitrogen and oxygen atoms in total. The fourth-order valence-corrected chi connectivity index (χ4v) is 2.05. The Kier molecular flexibility index (Phi) is 4.43. The third-order valence-electron chi connectivity index (χ3n) is 3.11. The number of nitrogens with zero attached hydrogens (tertiary/aromatic N) is 2. The van der Waals surface area contributed by atoms with Gasteiger partial charge in [-0.1, -0.05) is 0 Å². The van der Waals surface area contributed by atoms with Gasteiger partial charge in [-0.05, 0) is 6.07 Å². The second-order valence-electron chi connectivity index (χ2n) is 4.44. The summed E-state index contributed by atoms with van der Waals surface area (Å²) in [5.41, 5.74) is -1.94. The van der Waals surface area contributed by atoms with E-state index in [2.05, 4.69) is 0 Å². The number of halogens is 2. The fraction of sp³-hybridized carbons (Fsp3) is 0.417. The van der Waals surface area contributed by atoms with Crippen molar-refractivity contribution in [3.8, 4) is 0 Å². The average Bonchev–Trinajstić information content (AvgIpc) is 2.46. The monoisotopic (exact) mass is 302 g/mol. The Hall–Kier alpha value is -2.13. The zero-order valence-corrected chi connectivity index (χ0v) is 10.8. The van der Waals surface area contributed by atoms with Gasteiger partial charge in [-0.3, -0.25) is 14.9 Å². The van der Waals surface area contributed by atoms with E-state index in [1.165, 1.54) is 0 Å². The number of carbonyl (C=O) groups excluding carboxylic acids is 1. The first-order chi connectivity index (χ1) is 9.95. The summed E-state index contributed by atoms with van der Waals surface area (Å²) >= 11 is 0. The molecule has 1 unspecified atom stereocenters. The van der Waals surface area contributed by atoms with Gasteiger partial charge in [0.05, 0.1) is 24.2 Å². The van der Waals surface area contributed by atoms with E-state index in [4.69, 9.17) is 9.84 Å². The van der Waals surface area contributed by atoms with Crippen LogP contribution in [0.2, 0.25) is 0 Å². The molecule has 9 heteroatoms. The summed E-state index contributed by atoms with van der Waals surface area (Å²) in [7, 11) is 0. The van der Waals surface area contributed by atoms with Gasteiger partial charge in [-0.15, -0.1) is 0 Å². The van der Waals surface area contributed by atoms with Crippen molar-refractivity contribution >= 4 is 11.6 Å². The SMILES string of the molecule is O=C(c1c(F)ccc([N+](=O)[O-])c1F)N1CCOC(CO)C1. The lowest BCUT2D eigenvalue weighted by Crippen LogP contribution is -2.47. The van der Waals surface area contributed by atoms with Crippen molar-refractivity contribution in [1.82, 2.24) is 4.90 Å². The van der Waals surface area contributed by atoms with Crippen LogP contribution in [0.5, 0.6) is 0 Å². The van der Waals surface area contributed by atoms with Crippen molar-refractivity contribution in [2.75, 3.05) is 26.3 Å². The van der Waals surface area contributed by atoms with Gasteiger partial charge in [0.2, 0.25) is 5.82 Å². The maximum absolute atomic E-state index is 14.0. The summed E-state index contributed by atoms with van der Waals surface area (Å²) in [6, 6.07) is 1.34. The van der Waals surface area contributed by atoms with Gasteiger partial charge in [-0.2, -0.15) is 4.39 Å². The minimum Gasteiger partial charge on any atom is -0.394 e. The standard InChI is InChI=1S/C12H12F2N2O5/c13-8-1-2-9(16(19)20)11(14)10(8)12(18)15-3-4-21-7(5-15)6-17/h1-2,7,17H,3-6H2. The summed E-state index contributed by atoms with van der Waals surface area (Å²) in [5, 5.41) is 19.6. The molecule has 1 amide bonds. The molecule has 1 aromatic rings. The highest BCUT2D eigenvalue weighted by atomic mass is 19.1. The van der Waals surface area contributed by atoms with Crippen LogP contribution in [0.1, 0.15) is 10.4 Å². The second-order valence-corrected chi connectivity index (χ2v) is 4.44. The second kappa shape index (κ2) is 6.10. The van der Waals surface area contributed by atoms with Gasteiger partial charge in [-0.25, -0.2) is 4.39 Å². The first kappa shape index (κ1) is 15.3. The number of hydrogen-bond acceptors (Lipinski definition) is 5. The van der Waals surface area contributed by atoms with Crippen LogP contribution in [-0.4, -0.2) is 53.2 Å². The van der Waals surface area contributed by atoms with E-state index < -0.39 is 39.8 Å². The van der Waals surface area contributed by atoms with E-state index in [1.54, 1.807) is 0 Å². The Morgan fingerprint density at radius 2 is 2.24 bits per heavy atom. The number of aliphatic hydroxyl groups is 1. The topological polar surface area (TPSA) is 92.9 Å². The third-order valence-corrected chi connectivity index (χ3v) is 3.11. The van der Waals surface area contributed by atoms with E-state index in [-0.39, 0.29) is 26.3 Å². The number of benzene rings is 1. The van der Waals surface area contributed by atoms with Gasteiger partial charge in [0, 0.05) is 19.2 Å². The molecule has 0 spiro atoms. The number of nitro benzene ring substituents is 1. The molecule has 0 bridgehead atoms. The molecule has 1 saturated heterocycles. The summed E-state index contributed by atoms with van der Waals surface area (Å²) in [6.07, 6.45) is -0.646. The molecule has 2 rings (SSSR count). The Bertz CT molecular complexity index is 581. The number of nitro groups is 1. The lowest BCUT2D eigenvalue weighted by molar-refractivity contribution is -0.387. The normalized spacial score (nSPS) is 18.6. The van der Waals surface area contributed by atoms with Gasteiger partial charge < -0.3 is 14.7 Å². The van der Waals surface area contributed by atoms with Gasteiger partial charge in [0.25, 0.3) is 5.91 Å². The smallest absolute Gasteiger partial charge is 0.305 e. The number of rotatable bonds is 3. The minimum absolute atomic E-state index is 0.0447. The molecule has 1 atom stereocenters. The van der Waals surface area contributed by atoms with Crippen LogP contribution < -0.4 is 0 Å². The van der Waals surface area contributed by atoms with Crippen LogP contribution in [0.15, 0.2) is 12.1 Å². The molecule has 1 aliphatic heterocycles. The first-order valence-electron chi connectivity index (χ1n) is 6.09. The number of morpholine rings is 1. The Labute approximate surface area is 117 Å². The van der Waals surface area contributed by atoms with E-state index in [1.807, 2.05) is 0 Å².